The smallest absolute Gasteiger partial charge is 0.234 e. The monoisotopic (exact) mass is 197 g/mol. The molecule has 1 rings (SSSR count). The fourth-order valence-electron chi connectivity index (χ4n) is 0.377. The van der Waals surface area contributed by atoms with Crippen LogP contribution in [0.2, 0.25) is 0 Å². The Hall–Kier alpha value is -0.120. The van der Waals surface area contributed by atoms with Crippen molar-refractivity contribution in [3.05, 3.63) is 18.2 Å². The van der Waals surface area contributed by atoms with Crippen LogP contribution in [0.15, 0.2) is 12.4 Å². The molecule has 0 radical (unpaired) electrons. The predicted octanol–water partition coefficient (Wildman–Crippen LogP) is 1.70. The van der Waals surface area contributed by atoms with Crippen LogP contribution >= 0.6 is 34.8 Å². The standard InChI is InChI=1S/C4H2Cl3N3/c5-4(6,7)3-8-1-2-9-10-3/h1-2H. The van der Waals surface area contributed by atoms with E-state index in [4.69, 9.17) is 34.8 Å². The van der Waals surface area contributed by atoms with E-state index in [0.717, 1.165) is 0 Å². The number of rotatable bonds is 0. The van der Waals surface area contributed by atoms with Crippen molar-refractivity contribution >= 4 is 34.8 Å². The second-order valence-corrected chi connectivity index (χ2v) is 3.75. The molecule has 0 atom stereocenters. The average molecular weight is 198 g/mol. The summed E-state index contributed by atoms with van der Waals surface area (Å²) >= 11 is 16.3. The lowest BCUT2D eigenvalue weighted by molar-refractivity contribution is 0.861. The van der Waals surface area contributed by atoms with Gasteiger partial charge in [0.25, 0.3) is 3.79 Å². The maximum Gasteiger partial charge on any atom is 0.251 e. The van der Waals surface area contributed by atoms with E-state index < -0.39 is 3.79 Å². The van der Waals surface area contributed by atoms with Gasteiger partial charge in [-0.05, 0) is 0 Å². The van der Waals surface area contributed by atoms with Crippen molar-refractivity contribution in [2.45, 2.75) is 3.79 Å². The molecular formula is C4H2Cl3N3. The molecule has 0 aliphatic heterocycles. The molecule has 0 spiro atoms. The molecule has 0 fully saturated rings. The third-order valence-corrected chi connectivity index (χ3v) is 1.24. The normalized spacial score (nSPS) is 11.5. The minimum absolute atomic E-state index is 0.0833. The molecule has 0 bridgehead atoms. The van der Waals surface area contributed by atoms with Gasteiger partial charge >= 0.3 is 0 Å². The van der Waals surface area contributed by atoms with E-state index in [-0.39, 0.29) is 5.82 Å². The first kappa shape index (κ1) is 7.98. The fourth-order valence-corrected chi connectivity index (χ4v) is 0.637. The van der Waals surface area contributed by atoms with Gasteiger partial charge in [0.05, 0.1) is 6.20 Å². The average Bonchev–Trinajstić information content (AvgIpc) is 1.88. The Balaban J connectivity index is 2.97. The molecule has 3 nitrogen and oxygen atoms in total. The Bertz CT molecular complexity index is 207. The first-order valence-corrected chi connectivity index (χ1v) is 3.45. The number of alkyl halides is 3. The highest BCUT2D eigenvalue weighted by molar-refractivity contribution is 6.66. The number of hydrogen-bond acceptors (Lipinski definition) is 3. The van der Waals surface area contributed by atoms with Gasteiger partial charge in [-0.3, -0.25) is 0 Å². The van der Waals surface area contributed by atoms with E-state index in [1.807, 2.05) is 0 Å². The molecule has 0 unspecified atom stereocenters. The topological polar surface area (TPSA) is 38.7 Å². The molecule has 1 aromatic heterocycles. The van der Waals surface area contributed by atoms with Gasteiger partial charge in [0.2, 0.25) is 5.82 Å². The zero-order chi connectivity index (χ0) is 7.61. The quantitative estimate of drug-likeness (QED) is 0.596. The third-order valence-electron chi connectivity index (χ3n) is 0.736. The zero-order valence-corrected chi connectivity index (χ0v) is 6.90. The molecule has 0 amide bonds. The maximum atomic E-state index is 5.42. The summed E-state index contributed by atoms with van der Waals surface area (Å²) in [5, 5.41) is 6.98. The van der Waals surface area contributed by atoms with Crippen molar-refractivity contribution in [2.75, 3.05) is 0 Å². The van der Waals surface area contributed by atoms with Gasteiger partial charge in [-0.1, -0.05) is 34.8 Å². The van der Waals surface area contributed by atoms with Crippen LogP contribution in [0.25, 0.3) is 0 Å². The van der Waals surface area contributed by atoms with Gasteiger partial charge in [-0.15, -0.1) is 5.10 Å². The Morgan fingerprint density at radius 1 is 1.20 bits per heavy atom. The summed E-state index contributed by atoms with van der Waals surface area (Å²) in [7, 11) is 0. The molecule has 6 heteroatoms. The Labute approximate surface area is 72.3 Å². The molecule has 0 N–H and O–H groups in total. The van der Waals surface area contributed by atoms with Gasteiger partial charge in [0.1, 0.15) is 0 Å². The summed E-state index contributed by atoms with van der Waals surface area (Å²) in [4.78, 5) is 3.68. The molecule has 0 aliphatic rings. The maximum absolute atomic E-state index is 5.42. The third kappa shape index (κ3) is 1.94. The zero-order valence-electron chi connectivity index (χ0n) is 4.63. The van der Waals surface area contributed by atoms with Crippen LogP contribution in [0.1, 0.15) is 5.82 Å². The molecule has 0 aliphatic carbocycles. The van der Waals surface area contributed by atoms with E-state index in [1.165, 1.54) is 12.4 Å². The fraction of sp³-hybridized carbons (Fsp3) is 0.250. The van der Waals surface area contributed by atoms with Gasteiger partial charge < -0.3 is 0 Å². The van der Waals surface area contributed by atoms with Gasteiger partial charge in [-0.25, -0.2) is 4.98 Å². The van der Waals surface area contributed by atoms with Crippen LogP contribution in [0.5, 0.6) is 0 Å². The predicted molar refractivity (Wildman–Crippen MR) is 39.1 cm³/mol. The molecule has 0 aromatic carbocycles. The summed E-state index contributed by atoms with van der Waals surface area (Å²) in [6, 6.07) is 0. The van der Waals surface area contributed by atoms with E-state index in [1.54, 1.807) is 0 Å². The molecular weight excluding hydrogens is 196 g/mol. The molecule has 10 heavy (non-hydrogen) atoms. The lowest BCUT2D eigenvalue weighted by Gasteiger charge is -2.05. The summed E-state index contributed by atoms with van der Waals surface area (Å²) < 4.78 is -1.58. The second kappa shape index (κ2) is 2.86. The highest BCUT2D eigenvalue weighted by atomic mass is 35.6. The van der Waals surface area contributed by atoms with E-state index in [0.29, 0.717) is 0 Å². The largest absolute Gasteiger partial charge is 0.251 e. The van der Waals surface area contributed by atoms with Crippen LogP contribution in [0.3, 0.4) is 0 Å². The first-order chi connectivity index (χ1) is 4.61. The SMILES string of the molecule is ClC(Cl)(Cl)c1nccnn1. The van der Waals surface area contributed by atoms with Crippen molar-refractivity contribution in [1.82, 2.24) is 15.2 Å². The molecule has 54 valence electrons. The highest BCUT2D eigenvalue weighted by Gasteiger charge is 2.26. The number of aromatic nitrogens is 3. The summed E-state index contributed by atoms with van der Waals surface area (Å²) in [5.74, 6) is 0.0833. The number of hydrogen-bond donors (Lipinski definition) is 0. The Kier molecular flexibility index (Phi) is 2.28. The van der Waals surface area contributed by atoms with E-state index in [9.17, 15) is 0 Å². The van der Waals surface area contributed by atoms with E-state index >= 15 is 0 Å². The van der Waals surface area contributed by atoms with Crippen molar-refractivity contribution in [2.24, 2.45) is 0 Å². The summed E-state index contributed by atoms with van der Waals surface area (Å²) in [6.07, 6.45) is 2.81. The van der Waals surface area contributed by atoms with Crippen molar-refractivity contribution in [1.29, 1.82) is 0 Å². The molecule has 1 aromatic rings. The van der Waals surface area contributed by atoms with Crippen molar-refractivity contribution in [3.63, 3.8) is 0 Å². The van der Waals surface area contributed by atoms with Crippen molar-refractivity contribution < 1.29 is 0 Å². The van der Waals surface area contributed by atoms with Gasteiger partial charge in [0.15, 0.2) is 0 Å². The van der Waals surface area contributed by atoms with E-state index in [2.05, 4.69) is 15.2 Å². The van der Waals surface area contributed by atoms with Crippen LogP contribution in [-0.4, -0.2) is 15.2 Å². The number of halogens is 3. The molecule has 0 saturated heterocycles. The van der Waals surface area contributed by atoms with Gasteiger partial charge in [-0.2, -0.15) is 5.10 Å². The first-order valence-electron chi connectivity index (χ1n) is 2.31. The van der Waals surface area contributed by atoms with Crippen LogP contribution < -0.4 is 0 Å². The summed E-state index contributed by atoms with van der Waals surface area (Å²) in [6.45, 7) is 0. The van der Waals surface area contributed by atoms with Crippen molar-refractivity contribution in [3.8, 4) is 0 Å². The lowest BCUT2D eigenvalue weighted by atomic mass is 10.7. The van der Waals surface area contributed by atoms with Gasteiger partial charge in [0, 0.05) is 6.20 Å². The summed E-state index contributed by atoms with van der Waals surface area (Å²) in [5.41, 5.74) is 0. The van der Waals surface area contributed by atoms with Crippen LogP contribution in [-0.2, 0) is 3.79 Å². The Morgan fingerprint density at radius 3 is 2.20 bits per heavy atom. The second-order valence-electron chi connectivity index (χ2n) is 1.46. The minimum Gasteiger partial charge on any atom is -0.234 e. The molecule has 0 saturated carbocycles. The van der Waals surface area contributed by atoms with Crippen LogP contribution in [0, 0.1) is 0 Å². The lowest BCUT2D eigenvalue weighted by Crippen LogP contribution is -2.07. The highest BCUT2D eigenvalue weighted by Crippen LogP contribution is 2.34. The molecule has 1 heterocycles. The Morgan fingerprint density at radius 2 is 1.90 bits per heavy atom. The minimum atomic E-state index is -1.58. The number of nitrogens with zero attached hydrogens (tertiary/aromatic N) is 3. The van der Waals surface area contributed by atoms with Crippen LogP contribution in [0.4, 0.5) is 0 Å².